The lowest BCUT2D eigenvalue weighted by molar-refractivity contribution is 0.390. The Morgan fingerprint density at radius 2 is 1.93 bits per heavy atom. The number of benzene rings is 2. The summed E-state index contributed by atoms with van der Waals surface area (Å²) in [5, 5.41) is 8.03. The molecule has 3 N–H and O–H groups in total. The second-order valence-corrected chi connectivity index (χ2v) is 6.59. The highest BCUT2D eigenvalue weighted by Gasteiger charge is 2.08. The molecule has 0 aliphatic rings. The Hall–Kier alpha value is -3.15. The van der Waals surface area contributed by atoms with Crippen LogP contribution in [0.5, 0.6) is 11.5 Å². The fourth-order valence-corrected chi connectivity index (χ4v) is 3.36. The van der Waals surface area contributed by atoms with E-state index in [1.165, 1.54) is 22.0 Å². The van der Waals surface area contributed by atoms with E-state index in [1.807, 2.05) is 18.2 Å². The molecule has 0 saturated carbocycles. The van der Waals surface area contributed by atoms with Crippen molar-refractivity contribution in [2.24, 2.45) is 4.99 Å². The van der Waals surface area contributed by atoms with Crippen molar-refractivity contribution < 1.29 is 9.47 Å². The monoisotopic (exact) mass is 380 g/mol. The van der Waals surface area contributed by atoms with Crippen LogP contribution in [-0.2, 0) is 13.0 Å². The third-order valence-corrected chi connectivity index (χ3v) is 4.85. The van der Waals surface area contributed by atoms with Crippen LogP contribution < -0.4 is 20.1 Å². The standard InChI is InChI=1S/C22H28N4O2/c1-15-6-5-7-19-21(15)17(14-25-19)10-11-24-22(23-2)26-13-16-8-9-18(27-3)12-20(16)28-4/h5-9,12,14,25H,10-11,13H2,1-4H3,(H2,23,24,26). The van der Waals surface area contributed by atoms with Gasteiger partial charge in [-0.25, -0.2) is 0 Å². The summed E-state index contributed by atoms with van der Waals surface area (Å²) in [6, 6.07) is 12.1. The Kier molecular flexibility index (Phi) is 6.42. The van der Waals surface area contributed by atoms with Crippen molar-refractivity contribution in [3.05, 3.63) is 59.3 Å². The predicted octanol–water partition coefficient (Wildman–Crippen LogP) is 3.40. The van der Waals surface area contributed by atoms with Gasteiger partial charge >= 0.3 is 0 Å². The number of ether oxygens (including phenoxy) is 2. The molecular weight excluding hydrogens is 352 g/mol. The molecule has 3 aromatic rings. The SMILES string of the molecule is CN=C(NCCc1c[nH]c2cccc(C)c12)NCc1ccc(OC)cc1OC. The summed E-state index contributed by atoms with van der Waals surface area (Å²) in [6.45, 7) is 3.55. The highest BCUT2D eigenvalue weighted by Crippen LogP contribution is 2.24. The Morgan fingerprint density at radius 1 is 1.07 bits per heavy atom. The highest BCUT2D eigenvalue weighted by molar-refractivity contribution is 5.86. The van der Waals surface area contributed by atoms with Crippen LogP contribution >= 0.6 is 0 Å². The van der Waals surface area contributed by atoms with E-state index in [4.69, 9.17) is 9.47 Å². The van der Waals surface area contributed by atoms with Gasteiger partial charge in [0.2, 0.25) is 0 Å². The number of nitrogens with one attached hydrogen (secondary N) is 3. The molecule has 0 unspecified atom stereocenters. The summed E-state index contributed by atoms with van der Waals surface area (Å²) < 4.78 is 10.7. The molecule has 6 heteroatoms. The van der Waals surface area contributed by atoms with E-state index in [0.29, 0.717) is 6.54 Å². The maximum Gasteiger partial charge on any atom is 0.191 e. The summed E-state index contributed by atoms with van der Waals surface area (Å²) in [6.07, 6.45) is 3.01. The van der Waals surface area contributed by atoms with Gasteiger partial charge in [0.25, 0.3) is 0 Å². The van der Waals surface area contributed by atoms with Crippen molar-refractivity contribution >= 4 is 16.9 Å². The molecule has 148 valence electrons. The molecule has 6 nitrogen and oxygen atoms in total. The summed E-state index contributed by atoms with van der Waals surface area (Å²) in [5.41, 5.74) is 4.83. The first kappa shape index (κ1) is 19.6. The first-order valence-electron chi connectivity index (χ1n) is 9.37. The predicted molar refractivity (Wildman–Crippen MR) is 114 cm³/mol. The maximum absolute atomic E-state index is 5.45. The lowest BCUT2D eigenvalue weighted by Crippen LogP contribution is -2.37. The zero-order chi connectivity index (χ0) is 19.9. The molecule has 0 atom stereocenters. The Labute approximate surface area is 166 Å². The van der Waals surface area contributed by atoms with Gasteiger partial charge in [0.1, 0.15) is 11.5 Å². The number of fused-ring (bicyclic) bond motifs is 1. The quantitative estimate of drug-likeness (QED) is 0.434. The summed E-state index contributed by atoms with van der Waals surface area (Å²) in [7, 11) is 5.08. The number of methoxy groups -OCH3 is 2. The van der Waals surface area contributed by atoms with Crippen LogP contribution in [-0.4, -0.2) is 38.8 Å². The van der Waals surface area contributed by atoms with Crippen molar-refractivity contribution in [1.29, 1.82) is 0 Å². The summed E-state index contributed by atoms with van der Waals surface area (Å²) in [4.78, 5) is 7.66. The van der Waals surface area contributed by atoms with Crippen LogP contribution in [0.3, 0.4) is 0 Å². The van der Waals surface area contributed by atoms with E-state index >= 15 is 0 Å². The number of aryl methyl sites for hydroxylation is 1. The maximum atomic E-state index is 5.45. The zero-order valence-corrected chi connectivity index (χ0v) is 16.9. The average Bonchev–Trinajstić information content (AvgIpc) is 3.14. The zero-order valence-electron chi connectivity index (χ0n) is 16.9. The normalized spacial score (nSPS) is 11.5. The van der Waals surface area contributed by atoms with Gasteiger partial charge in [-0.3, -0.25) is 4.99 Å². The number of aliphatic imine (C=N–C) groups is 1. The van der Waals surface area contributed by atoms with Crippen LogP contribution in [0.15, 0.2) is 47.6 Å². The van der Waals surface area contributed by atoms with Crippen molar-refractivity contribution in [3.63, 3.8) is 0 Å². The van der Waals surface area contributed by atoms with E-state index in [1.54, 1.807) is 21.3 Å². The second-order valence-electron chi connectivity index (χ2n) is 6.59. The van der Waals surface area contributed by atoms with Crippen LogP contribution in [0.2, 0.25) is 0 Å². The van der Waals surface area contributed by atoms with E-state index in [0.717, 1.165) is 36.0 Å². The summed E-state index contributed by atoms with van der Waals surface area (Å²) >= 11 is 0. The topological polar surface area (TPSA) is 70.7 Å². The van der Waals surface area contributed by atoms with Crippen LogP contribution in [0, 0.1) is 6.92 Å². The second kappa shape index (κ2) is 9.17. The molecule has 0 spiro atoms. The van der Waals surface area contributed by atoms with Gasteiger partial charge in [-0.15, -0.1) is 0 Å². The molecule has 2 aromatic carbocycles. The number of guanidine groups is 1. The number of rotatable bonds is 7. The minimum atomic E-state index is 0.610. The number of aromatic amines is 1. The highest BCUT2D eigenvalue weighted by atomic mass is 16.5. The molecule has 0 fully saturated rings. The Morgan fingerprint density at radius 3 is 2.68 bits per heavy atom. The van der Waals surface area contributed by atoms with Crippen LogP contribution in [0.25, 0.3) is 10.9 Å². The molecule has 0 saturated heterocycles. The minimum absolute atomic E-state index is 0.610. The smallest absolute Gasteiger partial charge is 0.191 e. The van der Waals surface area contributed by atoms with Crippen molar-refractivity contribution in [1.82, 2.24) is 15.6 Å². The minimum Gasteiger partial charge on any atom is -0.497 e. The number of H-pyrrole nitrogens is 1. The fourth-order valence-electron chi connectivity index (χ4n) is 3.36. The molecule has 3 rings (SSSR count). The third kappa shape index (κ3) is 4.39. The van der Waals surface area contributed by atoms with Gasteiger partial charge in [0.15, 0.2) is 5.96 Å². The van der Waals surface area contributed by atoms with E-state index in [9.17, 15) is 0 Å². The molecule has 0 aliphatic heterocycles. The largest absolute Gasteiger partial charge is 0.497 e. The first-order chi connectivity index (χ1) is 13.7. The fraction of sp³-hybridized carbons (Fsp3) is 0.318. The van der Waals surface area contributed by atoms with E-state index in [-0.39, 0.29) is 0 Å². The van der Waals surface area contributed by atoms with E-state index in [2.05, 4.69) is 51.9 Å². The number of nitrogens with zero attached hydrogens (tertiary/aromatic N) is 1. The summed E-state index contributed by atoms with van der Waals surface area (Å²) in [5.74, 6) is 2.32. The van der Waals surface area contributed by atoms with Crippen molar-refractivity contribution in [2.75, 3.05) is 27.8 Å². The van der Waals surface area contributed by atoms with Crippen molar-refractivity contribution in [3.8, 4) is 11.5 Å². The lowest BCUT2D eigenvalue weighted by Gasteiger charge is -2.14. The molecule has 28 heavy (non-hydrogen) atoms. The van der Waals surface area contributed by atoms with Gasteiger partial charge in [-0.1, -0.05) is 12.1 Å². The lowest BCUT2D eigenvalue weighted by atomic mass is 10.1. The van der Waals surface area contributed by atoms with Gasteiger partial charge in [-0.2, -0.15) is 0 Å². The number of hydrogen-bond acceptors (Lipinski definition) is 3. The number of hydrogen-bond donors (Lipinski definition) is 3. The van der Waals surface area contributed by atoms with Gasteiger partial charge in [-0.05, 0) is 42.7 Å². The van der Waals surface area contributed by atoms with Crippen LogP contribution in [0.1, 0.15) is 16.7 Å². The molecule has 1 aromatic heterocycles. The van der Waals surface area contributed by atoms with Gasteiger partial charge in [0.05, 0.1) is 14.2 Å². The number of aromatic nitrogens is 1. The third-order valence-electron chi connectivity index (χ3n) is 4.85. The first-order valence-corrected chi connectivity index (χ1v) is 9.37. The van der Waals surface area contributed by atoms with Crippen molar-refractivity contribution in [2.45, 2.75) is 19.9 Å². The molecular formula is C22H28N4O2. The molecule has 0 aliphatic carbocycles. The molecule has 1 heterocycles. The molecule has 0 radical (unpaired) electrons. The van der Waals surface area contributed by atoms with E-state index < -0.39 is 0 Å². The van der Waals surface area contributed by atoms with Crippen LogP contribution in [0.4, 0.5) is 0 Å². The Balaban J connectivity index is 1.57. The Bertz CT molecular complexity index is 962. The van der Waals surface area contributed by atoms with Gasteiger partial charge < -0.3 is 25.1 Å². The average molecular weight is 380 g/mol. The molecule has 0 amide bonds. The van der Waals surface area contributed by atoms with Gasteiger partial charge in [0, 0.05) is 48.9 Å². The molecule has 0 bridgehead atoms.